The van der Waals surface area contributed by atoms with Crippen molar-refractivity contribution in [2.75, 3.05) is 13.2 Å². The molecule has 0 saturated heterocycles. The molecule has 14 heavy (non-hydrogen) atoms. The topological polar surface area (TPSA) is 59.3 Å². The summed E-state index contributed by atoms with van der Waals surface area (Å²) >= 11 is 0. The van der Waals surface area contributed by atoms with Crippen LogP contribution in [0.5, 0.6) is 0 Å². The van der Waals surface area contributed by atoms with Crippen LogP contribution in [0, 0.1) is 11.3 Å². The lowest BCUT2D eigenvalue weighted by Crippen LogP contribution is -2.21. The van der Waals surface area contributed by atoms with Gasteiger partial charge >= 0.3 is 5.97 Å². The monoisotopic (exact) mass is 197 g/mol. The number of nitriles is 1. The van der Waals surface area contributed by atoms with Gasteiger partial charge in [-0.1, -0.05) is 13.5 Å². The van der Waals surface area contributed by atoms with Crippen LogP contribution in [0.2, 0.25) is 0 Å². The van der Waals surface area contributed by atoms with Crippen molar-refractivity contribution >= 4 is 5.97 Å². The van der Waals surface area contributed by atoms with Crippen LogP contribution < -0.4 is 0 Å². The van der Waals surface area contributed by atoms with Crippen LogP contribution in [-0.2, 0) is 14.3 Å². The van der Waals surface area contributed by atoms with Crippen LogP contribution in [0.25, 0.3) is 0 Å². The Labute approximate surface area is 84.1 Å². The molecule has 0 rings (SSSR count). The molecule has 4 nitrogen and oxygen atoms in total. The van der Waals surface area contributed by atoms with Gasteiger partial charge in [-0.2, -0.15) is 5.26 Å². The van der Waals surface area contributed by atoms with Gasteiger partial charge < -0.3 is 9.47 Å². The number of carbonyl (C=O) groups is 1. The molecular weight excluding hydrogens is 182 g/mol. The first-order valence-electron chi connectivity index (χ1n) is 4.49. The van der Waals surface area contributed by atoms with Crippen LogP contribution in [0.4, 0.5) is 0 Å². The first-order chi connectivity index (χ1) is 6.61. The molecule has 0 saturated carbocycles. The summed E-state index contributed by atoms with van der Waals surface area (Å²) in [5.41, 5.74) is -0.188. The molecule has 0 aromatic carbocycles. The first kappa shape index (κ1) is 12.7. The van der Waals surface area contributed by atoms with Crippen LogP contribution in [0.3, 0.4) is 0 Å². The minimum Gasteiger partial charge on any atom is -0.456 e. The maximum atomic E-state index is 11.0. The molecule has 0 N–H and O–H groups in total. The van der Waals surface area contributed by atoms with E-state index in [-0.39, 0.29) is 11.7 Å². The second kappa shape index (κ2) is 7.10. The molecule has 1 unspecified atom stereocenters. The summed E-state index contributed by atoms with van der Waals surface area (Å²) in [4.78, 5) is 11.0. The van der Waals surface area contributed by atoms with E-state index in [1.807, 2.05) is 6.92 Å². The van der Waals surface area contributed by atoms with Crippen molar-refractivity contribution in [1.82, 2.24) is 0 Å². The molecule has 0 aromatic rings. The Kier molecular flexibility index (Phi) is 6.42. The van der Waals surface area contributed by atoms with Gasteiger partial charge in [0.1, 0.15) is 17.7 Å². The normalized spacial score (nSPS) is 11.5. The highest BCUT2D eigenvalue weighted by Gasteiger charge is 2.12. The summed E-state index contributed by atoms with van der Waals surface area (Å²) in [5, 5.41) is 8.35. The molecule has 0 aliphatic carbocycles. The van der Waals surface area contributed by atoms with E-state index in [1.54, 1.807) is 13.0 Å². The third-order valence-corrected chi connectivity index (χ3v) is 1.39. The summed E-state index contributed by atoms with van der Waals surface area (Å²) in [6.07, 6.45) is 0.574. The van der Waals surface area contributed by atoms with Gasteiger partial charge in [0.25, 0.3) is 0 Å². The average molecular weight is 197 g/mol. The number of rotatable bonds is 6. The van der Waals surface area contributed by atoms with E-state index in [1.165, 1.54) is 0 Å². The van der Waals surface area contributed by atoms with Crippen molar-refractivity contribution in [2.45, 2.75) is 26.4 Å². The lowest BCUT2D eigenvalue weighted by atomic mass is 10.3. The number of ether oxygens (including phenoxy) is 2. The first-order valence-corrected chi connectivity index (χ1v) is 4.49. The second-order valence-electron chi connectivity index (χ2n) is 2.88. The summed E-state index contributed by atoms with van der Waals surface area (Å²) in [7, 11) is 0. The van der Waals surface area contributed by atoms with E-state index < -0.39 is 5.97 Å². The van der Waals surface area contributed by atoms with Crippen LogP contribution in [0.15, 0.2) is 12.2 Å². The molecule has 0 bridgehead atoms. The van der Waals surface area contributed by atoms with Gasteiger partial charge in [-0.05, 0) is 13.3 Å². The van der Waals surface area contributed by atoms with Crippen LogP contribution in [0.1, 0.15) is 20.3 Å². The molecule has 1 atom stereocenters. The fourth-order valence-electron chi connectivity index (χ4n) is 0.727. The van der Waals surface area contributed by atoms with Gasteiger partial charge in [0.2, 0.25) is 0 Å². The minimum absolute atomic E-state index is 0.188. The smallest absolute Gasteiger partial charge is 0.348 e. The van der Waals surface area contributed by atoms with Crippen molar-refractivity contribution in [1.29, 1.82) is 5.26 Å². The number of hydrogen-bond acceptors (Lipinski definition) is 4. The zero-order valence-corrected chi connectivity index (χ0v) is 8.58. The molecular formula is C10H15NO3. The Morgan fingerprint density at radius 3 is 2.79 bits per heavy atom. The Hall–Kier alpha value is -1.34. The van der Waals surface area contributed by atoms with Gasteiger partial charge in [0.05, 0.1) is 6.61 Å². The number of esters is 1. The molecule has 0 fully saturated rings. The summed E-state index contributed by atoms with van der Waals surface area (Å²) in [6, 6.07) is 1.63. The summed E-state index contributed by atoms with van der Waals surface area (Å²) in [6.45, 7) is 7.93. The van der Waals surface area contributed by atoms with Crippen molar-refractivity contribution in [3.63, 3.8) is 0 Å². The molecule has 78 valence electrons. The van der Waals surface area contributed by atoms with E-state index >= 15 is 0 Å². The Balaban J connectivity index is 3.72. The third kappa shape index (κ3) is 5.33. The zero-order valence-electron chi connectivity index (χ0n) is 8.58. The van der Waals surface area contributed by atoms with Gasteiger partial charge in [0, 0.05) is 6.61 Å². The van der Waals surface area contributed by atoms with Crippen LogP contribution >= 0.6 is 0 Å². The Bertz CT molecular complexity index is 242. The highest BCUT2D eigenvalue weighted by Crippen LogP contribution is 1.99. The van der Waals surface area contributed by atoms with E-state index in [0.29, 0.717) is 13.2 Å². The fourth-order valence-corrected chi connectivity index (χ4v) is 0.727. The van der Waals surface area contributed by atoms with E-state index in [2.05, 4.69) is 6.58 Å². The van der Waals surface area contributed by atoms with Gasteiger partial charge in [-0.25, -0.2) is 4.79 Å². The lowest BCUT2D eigenvalue weighted by molar-refractivity contribution is -0.145. The van der Waals surface area contributed by atoms with Crippen molar-refractivity contribution in [2.24, 2.45) is 0 Å². The van der Waals surface area contributed by atoms with E-state index in [4.69, 9.17) is 14.7 Å². The third-order valence-electron chi connectivity index (χ3n) is 1.39. The SMILES string of the molecule is C=C(C#N)C(=O)OC(C)COCCC. The van der Waals surface area contributed by atoms with Gasteiger partial charge in [-0.3, -0.25) is 0 Å². The molecule has 0 radical (unpaired) electrons. The molecule has 0 spiro atoms. The number of carbonyl (C=O) groups excluding carboxylic acids is 1. The lowest BCUT2D eigenvalue weighted by Gasteiger charge is -2.12. The average Bonchev–Trinajstić information content (AvgIpc) is 2.16. The van der Waals surface area contributed by atoms with Crippen molar-refractivity contribution in [3.8, 4) is 6.07 Å². The quantitative estimate of drug-likeness (QED) is 0.280. The Morgan fingerprint density at radius 2 is 2.29 bits per heavy atom. The predicted octanol–water partition coefficient (Wildman–Crippen LogP) is 1.42. The summed E-state index contributed by atoms with van der Waals surface area (Å²) in [5.74, 6) is -0.680. The zero-order chi connectivity index (χ0) is 11.0. The molecule has 0 amide bonds. The molecule has 0 aliphatic heterocycles. The van der Waals surface area contributed by atoms with E-state index in [0.717, 1.165) is 6.42 Å². The highest BCUT2D eigenvalue weighted by atomic mass is 16.6. The van der Waals surface area contributed by atoms with Crippen molar-refractivity contribution in [3.05, 3.63) is 12.2 Å². The fraction of sp³-hybridized carbons (Fsp3) is 0.600. The Morgan fingerprint density at radius 1 is 1.64 bits per heavy atom. The molecule has 0 heterocycles. The van der Waals surface area contributed by atoms with Crippen LogP contribution in [-0.4, -0.2) is 25.3 Å². The molecule has 0 aliphatic rings. The minimum atomic E-state index is -0.680. The second-order valence-corrected chi connectivity index (χ2v) is 2.88. The predicted molar refractivity (Wildman–Crippen MR) is 51.4 cm³/mol. The highest BCUT2D eigenvalue weighted by molar-refractivity contribution is 5.91. The summed E-state index contributed by atoms with van der Waals surface area (Å²) < 4.78 is 10.0. The maximum absolute atomic E-state index is 11.0. The largest absolute Gasteiger partial charge is 0.456 e. The van der Waals surface area contributed by atoms with Crippen molar-refractivity contribution < 1.29 is 14.3 Å². The molecule has 4 heteroatoms. The van der Waals surface area contributed by atoms with E-state index in [9.17, 15) is 4.79 Å². The van der Waals surface area contributed by atoms with Gasteiger partial charge in [0.15, 0.2) is 0 Å². The maximum Gasteiger partial charge on any atom is 0.348 e. The number of hydrogen-bond donors (Lipinski definition) is 0. The molecule has 0 aromatic heterocycles. The van der Waals surface area contributed by atoms with Gasteiger partial charge in [-0.15, -0.1) is 0 Å². The number of nitrogens with zero attached hydrogens (tertiary/aromatic N) is 1. The standard InChI is InChI=1S/C10H15NO3/c1-4-5-13-7-9(3)14-10(12)8(2)6-11/h9H,2,4-5,7H2,1,3H3.